The maximum absolute atomic E-state index is 9.55. The number of carboxylic acid groups (broad SMARTS) is 2. The molecule has 5 rings (SSSR count). The third-order valence-electron chi connectivity index (χ3n) is 5.92. The van der Waals surface area contributed by atoms with E-state index in [-0.39, 0.29) is 0 Å². The summed E-state index contributed by atoms with van der Waals surface area (Å²) in [5, 5.41) is 25.5. The lowest BCUT2D eigenvalue weighted by atomic mass is 10.0. The second-order valence-corrected chi connectivity index (χ2v) is 9.22. The van der Waals surface area contributed by atoms with E-state index in [0.717, 1.165) is 38.3 Å². The number of fused-ring (bicyclic) bond motifs is 2. The van der Waals surface area contributed by atoms with Gasteiger partial charge in [0.25, 0.3) is 0 Å². The number of thiophene rings is 1. The molecule has 0 atom stereocenters. The number of nitrogens with one attached hydrogen (secondary N) is 1. The van der Waals surface area contributed by atoms with Crippen LogP contribution in [0.5, 0.6) is 0 Å². The average Bonchev–Trinajstić information content (AvgIpc) is 3.36. The maximum atomic E-state index is 9.55. The van der Waals surface area contributed by atoms with Crippen LogP contribution >= 0.6 is 11.3 Å². The monoisotopic (exact) mass is 489 g/mol. The summed E-state index contributed by atoms with van der Waals surface area (Å²) in [6.45, 7) is 3.08. The first-order valence-corrected chi connectivity index (χ1v) is 12.3. The summed E-state index contributed by atoms with van der Waals surface area (Å²) in [5.74, 6) is -1.35. The quantitative estimate of drug-likeness (QED) is 0.330. The topological polar surface area (TPSA) is 103 Å². The lowest BCUT2D eigenvalue weighted by Gasteiger charge is -2.33. The molecular weight excluding hydrogens is 462 g/mol. The van der Waals surface area contributed by atoms with Crippen molar-refractivity contribution < 1.29 is 19.8 Å². The lowest BCUT2D eigenvalue weighted by Crippen LogP contribution is -2.42. The molecule has 3 N–H and O–H groups in total. The van der Waals surface area contributed by atoms with Crippen molar-refractivity contribution in [2.24, 2.45) is 0 Å². The summed E-state index contributed by atoms with van der Waals surface area (Å²) in [5.41, 5.74) is 1.36. The number of anilines is 1. The Morgan fingerprint density at radius 1 is 0.971 bits per heavy atom. The summed E-state index contributed by atoms with van der Waals surface area (Å²) >= 11 is 1.80. The van der Waals surface area contributed by atoms with E-state index in [1.807, 2.05) is 6.20 Å². The minimum Gasteiger partial charge on any atom is -0.478 e. The van der Waals surface area contributed by atoms with E-state index in [0.29, 0.717) is 18.2 Å². The van der Waals surface area contributed by atoms with Crippen LogP contribution in [0, 0.1) is 0 Å². The molecule has 1 saturated heterocycles. The highest BCUT2D eigenvalue weighted by atomic mass is 32.1. The molecule has 1 fully saturated rings. The van der Waals surface area contributed by atoms with E-state index in [4.69, 9.17) is 10.2 Å². The van der Waals surface area contributed by atoms with Gasteiger partial charge in [0.1, 0.15) is 5.82 Å². The van der Waals surface area contributed by atoms with E-state index in [1.54, 1.807) is 11.3 Å². The van der Waals surface area contributed by atoms with E-state index < -0.39 is 11.9 Å². The zero-order chi connectivity index (χ0) is 24.6. The molecule has 0 saturated carbocycles. The van der Waals surface area contributed by atoms with Gasteiger partial charge in [-0.3, -0.25) is 0 Å². The Labute approximate surface area is 207 Å². The molecule has 1 aliphatic heterocycles. The van der Waals surface area contributed by atoms with Crippen molar-refractivity contribution in [3.05, 3.63) is 83.9 Å². The molecule has 2 aromatic heterocycles. The highest BCUT2D eigenvalue weighted by molar-refractivity contribution is 7.17. The molecule has 0 spiro atoms. The highest BCUT2D eigenvalue weighted by Gasteiger charge is 2.21. The number of hydrogen-bond donors (Lipinski definition) is 3. The van der Waals surface area contributed by atoms with Crippen molar-refractivity contribution in [3.63, 3.8) is 0 Å². The molecule has 35 heavy (non-hydrogen) atoms. The summed E-state index contributed by atoms with van der Waals surface area (Å²) in [6.07, 6.45) is 5.38. The molecule has 8 heteroatoms. The fourth-order valence-electron chi connectivity index (χ4n) is 4.15. The van der Waals surface area contributed by atoms with Gasteiger partial charge in [-0.1, -0.05) is 36.4 Å². The van der Waals surface area contributed by atoms with E-state index in [2.05, 4.69) is 75.2 Å². The Bertz CT molecular complexity index is 1330. The first-order valence-electron chi connectivity index (χ1n) is 11.4. The van der Waals surface area contributed by atoms with Crippen molar-refractivity contribution in [2.45, 2.75) is 25.4 Å². The number of aromatic nitrogens is 1. The van der Waals surface area contributed by atoms with Crippen LogP contribution in [0.3, 0.4) is 0 Å². The van der Waals surface area contributed by atoms with Crippen LogP contribution < -0.4 is 10.2 Å². The third-order valence-corrected chi connectivity index (χ3v) is 6.85. The van der Waals surface area contributed by atoms with Gasteiger partial charge in [0.2, 0.25) is 0 Å². The molecule has 1 aliphatic rings. The van der Waals surface area contributed by atoms with Gasteiger partial charge in [-0.05, 0) is 58.1 Å². The molecule has 3 heterocycles. The molecule has 4 aromatic rings. The van der Waals surface area contributed by atoms with Crippen LogP contribution in [0.4, 0.5) is 5.82 Å². The third kappa shape index (κ3) is 6.65. The SMILES string of the molecule is O=C(O)/C=C/C(=O)O.c1ccc2cc(CNC3CCN(c4nccc5ccsc45)CC3)ccc2c1. The fraction of sp³-hybridized carbons (Fsp3) is 0.222. The smallest absolute Gasteiger partial charge is 0.328 e. The second kappa shape index (κ2) is 11.6. The summed E-state index contributed by atoms with van der Waals surface area (Å²) < 4.78 is 1.32. The van der Waals surface area contributed by atoms with Crippen LogP contribution in [0.15, 0.2) is 78.3 Å². The zero-order valence-electron chi connectivity index (χ0n) is 19.1. The van der Waals surface area contributed by atoms with E-state index in [1.165, 1.54) is 26.4 Å². The number of pyridine rings is 1. The van der Waals surface area contributed by atoms with Crippen LogP contribution in [0.1, 0.15) is 18.4 Å². The Morgan fingerprint density at radius 2 is 1.69 bits per heavy atom. The number of aliphatic carboxylic acids is 2. The number of nitrogens with zero attached hydrogens (tertiary/aromatic N) is 2. The number of carboxylic acids is 2. The number of hydrogen-bond acceptors (Lipinski definition) is 6. The normalized spacial score (nSPS) is 14.2. The summed E-state index contributed by atoms with van der Waals surface area (Å²) in [6, 6.07) is 20.2. The van der Waals surface area contributed by atoms with Crippen molar-refractivity contribution in [1.29, 1.82) is 0 Å². The molecule has 0 bridgehead atoms. The van der Waals surface area contributed by atoms with Gasteiger partial charge >= 0.3 is 11.9 Å². The summed E-state index contributed by atoms with van der Waals surface area (Å²) in [4.78, 5) is 26.2. The van der Waals surface area contributed by atoms with E-state index in [9.17, 15) is 9.59 Å². The molecule has 180 valence electrons. The number of carbonyl (C=O) groups is 2. The standard InChI is InChI=1S/C23H23N3S.C4H4O4/c1-2-4-20-15-17(5-6-18(20)3-1)16-25-21-8-12-26(13-9-21)23-22-19(7-11-24-23)10-14-27-22;5-3(6)1-2-4(7)8/h1-7,10-11,14-15,21,25H,8-9,12-13,16H2;1-2H,(H,5,6)(H,7,8)/b;2-1+. The molecule has 0 amide bonds. The number of piperidine rings is 1. The first kappa shape index (κ1) is 24.4. The molecule has 0 aliphatic carbocycles. The van der Waals surface area contributed by atoms with Crippen LogP contribution in [-0.4, -0.2) is 46.3 Å². The fourth-order valence-corrected chi connectivity index (χ4v) is 5.06. The Morgan fingerprint density at radius 3 is 2.40 bits per heavy atom. The van der Waals surface area contributed by atoms with Crippen molar-refractivity contribution in [1.82, 2.24) is 10.3 Å². The van der Waals surface area contributed by atoms with Gasteiger partial charge < -0.3 is 20.4 Å². The number of rotatable bonds is 6. The van der Waals surface area contributed by atoms with Crippen LogP contribution in [-0.2, 0) is 16.1 Å². The van der Waals surface area contributed by atoms with Gasteiger partial charge in [0, 0.05) is 44.0 Å². The predicted octanol–water partition coefficient (Wildman–Crippen LogP) is 4.92. The van der Waals surface area contributed by atoms with Gasteiger partial charge in [-0.25, -0.2) is 14.6 Å². The minimum atomic E-state index is -1.26. The molecule has 0 radical (unpaired) electrons. The summed E-state index contributed by atoms with van der Waals surface area (Å²) in [7, 11) is 0. The Hall–Kier alpha value is -3.75. The lowest BCUT2D eigenvalue weighted by molar-refractivity contribution is -0.134. The largest absolute Gasteiger partial charge is 0.478 e. The second-order valence-electron chi connectivity index (χ2n) is 8.31. The molecule has 7 nitrogen and oxygen atoms in total. The number of benzene rings is 2. The zero-order valence-corrected chi connectivity index (χ0v) is 19.9. The van der Waals surface area contributed by atoms with E-state index >= 15 is 0 Å². The van der Waals surface area contributed by atoms with Gasteiger partial charge in [-0.2, -0.15) is 0 Å². The maximum Gasteiger partial charge on any atom is 0.328 e. The average molecular weight is 490 g/mol. The molecular formula is C27H27N3O4S. The molecule has 0 unspecified atom stereocenters. The Balaban J connectivity index is 0.000000314. The van der Waals surface area contributed by atoms with Gasteiger partial charge in [-0.15, -0.1) is 11.3 Å². The minimum absolute atomic E-state index is 0.558. The Kier molecular flexibility index (Phi) is 8.07. The van der Waals surface area contributed by atoms with Crippen LogP contribution in [0.25, 0.3) is 20.9 Å². The highest BCUT2D eigenvalue weighted by Crippen LogP contribution is 2.31. The van der Waals surface area contributed by atoms with Crippen molar-refractivity contribution in [3.8, 4) is 0 Å². The van der Waals surface area contributed by atoms with Gasteiger partial charge in [0.05, 0.1) is 4.70 Å². The van der Waals surface area contributed by atoms with Crippen molar-refractivity contribution >= 4 is 50.0 Å². The van der Waals surface area contributed by atoms with Crippen molar-refractivity contribution in [2.75, 3.05) is 18.0 Å². The van der Waals surface area contributed by atoms with Crippen LogP contribution in [0.2, 0.25) is 0 Å². The predicted molar refractivity (Wildman–Crippen MR) is 140 cm³/mol. The molecule has 2 aromatic carbocycles. The van der Waals surface area contributed by atoms with Gasteiger partial charge in [0.15, 0.2) is 0 Å². The first-order chi connectivity index (χ1) is 17.0.